The lowest BCUT2D eigenvalue weighted by atomic mass is 9.94. The SMILES string of the molecule is c1ccc(-c2nc(-c3ccccc3)nc(-c3cccc(-c4cc(-c5ccc6nc7c(nc6c5)Oc5ccccc5O7)cc(-c5nc(-c6ccccc6)nc(-c6ccccc6)n5)c4)c3)n2)cc1. The van der Waals surface area contributed by atoms with E-state index in [1.165, 1.54) is 0 Å². The highest BCUT2D eigenvalue weighted by atomic mass is 16.6. The standard InChI is InChI=1S/C56H34N8O2/c1-5-16-35(17-6-1)49-59-50(36-18-7-2-8-19-36)62-53(61-49)41-25-15-24-39(30-41)42-31-43(40-28-29-45-46(34-40)58-56-55(57-45)65-47-26-13-14-27-48(47)66-56)33-44(32-42)54-63-51(37-20-9-3-10-21-37)60-52(64-54)38-22-11-4-12-23-38/h1-34H. The lowest BCUT2D eigenvalue weighted by Crippen LogP contribution is -2.03. The van der Waals surface area contributed by atoms with Crippen LogP contribution < -0.4 is 9.47 Å². The minimum atomic E-state index is 0.306. The maximum atomic E-state index is 6.16. The Bertz CT molecular complexity index is 3480. The van der Waals surface area contributed by atoms with Gasteiger partial charge in [0.1, 0.15) is 0 Å². The van der Waals surface area contributed by atoms with Gasteiger partial charge < -0.3 is 9.47 Å². The minimum absolute atomic E-state index is 0.306. The van der Waals surface area contributed by atoms with Gasteiger partial charge in [-0.05, 0) is 70.8 Å². The molecule has 0 atom stereocenters. The maximum Gasteiger partial charge on any atom is 0.284 e. The van der Waals surface area contributed by atoms with Gasteiger partial charge in [-0.1, -0.05) is 158 Å². The summed E-state index contributed by atoms with van der Waals surface area (Å²) in [5.74, 6) is 5.22. The summed E-state index contributed by atoms with van der Waals surface area (Å²) in [5.41, 5.74) is 10.2. The summed E-state index contributed by atoms with van der Waals surface area (Å²) in [6, 6.07) is 68.1. The smallest absolute Gasteiger partial charge is 0.284 e. The van der Waals surface area contributed by atoms with Gasteiger partial charge in [0, 0.05) is 33.4 Å². The highest BCUT2D eigenvalue weighted by Crippen LogP contribution is 2.44. The second kappa shape index (κ2) is 16.4. The van der Waals surface area contributed by atoms with E-state index in [4.69, 9.17) is 49.3 Å². The zero-order valence-electron chi connectivity index (χ0n) is 35.0. The van der Waals surface area contributed by atoms with Crippen molar-refractivity contribution in [3.8, 4) is 114 Å². The Balaban J connectivity index is 1.02. The normalized spacial score (nSPS) is 11.6. The van der Waals surface area contributed by atoms with Crippen molar-refractivity contribution in [2.24, 2.45) is 0 Å². The molecule has 3 aromatic heterocycles. The second-order valence-electron chi connectivity index (χ2n) is 15.6. The third-order valence-corrected chi connectivity index (χ3v) is 11.2. The van der Waals surface area contributed by atoms with Crippen LogP contribution in [0.2, 0.25) is 0 Å². The van der Waals surface area contributed by atoms with Crippen LogP contribution in [0.1, 0.15) is 0 Å². The zero-order valence-corrected chi connectivity index (χ0v) is 35.0. The fraction of sp³-hybridized carbons (Fsp3) is 0. The van der Waals surface area contributed by atoms with Crippen molar-refractivity contribution < 1.29 is 9.47 Å². The molecule has 0 amide bonds. The highest BCUT2D eigenvalue weighted by molar-refractivity contribution is 5.87. The van der Waals surface area contributed by atoms with Crippen LogP contribution in [0.4, 0.5) is 0 Å². The lowest BCUT2D eigenvalue weighted by Gasteiger charge is -2.18. The van der Waals surface area contributed by atoms with Gasteiger partial charge in [0.15, 0.2) is 46.4 Å². The molecule has 310 valence electrons. The Morgan fingerprint density at radius 1 is 0.212 bits per heavy atom. The predicted molar refractivity (Wildman–Crippen MR) is 256 cm³/mol. The molecular formula is C56H34N8O2. The van der Waals surface area contributed by atoms with E-state index in [0.29, 0.717) is 69.2 Å². The molecule has 4 heterocycles. The van der Waals surface area contributed by atoms with E-state index < -0.39 is 0 Å². The van der Waals surface area contributed by atoms with Crippen molar-refractivity contribution in [3.05, 3.63) is 206 Å². The average Bonchev–Trinajstić information content (AvgIpc) is 3.40. The third kappa shape index (κ3) is 7.54. The number of ether oxygens (including phenoxy) is 2. The molecule has 12 rings (SSSR count). The Hall–Kier alpha value is -9.28. The Morgan fingerprint density at radius 2 is 0.545 bits per heavy atom. The summed E-state index contributed by atoms with van der Waals surface area (Å²) in [6.07, 6.45) is 0. The summed E-state index contributed by atoms with van der Waals surface area (Å²) in [4.78, 5) is 39.9. The molecule has 0 radical (unpaired) electrons. The van der Waals surface area contributed by atoms with Crippen LogP contribution in [0.25, 0.3) is 102 Å². The highest BCUT2D eigenvalue weighted by Gasteiger charge is 2.23. The van der Waals surface area contributed by atoms with Crippen molar-refractivity contribution >= 4 is 11.0 Å². The topological polar surface area (TPSA) is 122 Å². The molecule has 1 aliphatic heterocycles. The molecule has 0 saturated carbocycles. The van der Waals surface area contributed by atoms with Crippen LogP contribution in [0, 0.1) is 0 Å². The first-order valence-electron chi connectivity index (χ1n) is 21.4. The van der Waals surface area contributed by atoms with Crippen molar-refractivity contribution in [1.82, 2.24) is 39.9 Å². The van der Waals surface area contributed by atoms with Crippen LogP contribution in [0.5, 0.6) is 23.3 Å². The van der Waals surface area contributed by atoms with Crippen molar-refractivity contribution in [3.63, 3.8) is 0 Å². The number of hydrogen-bond donors (Lipinski definition) is 0. The van der Waals surface area contributed by atoms with Gasteiger partial charge in [0.2, 0.25) is 0 Å². The number of para-hydroxylation sites is 2. The number of nitrogens with zero attached hydrogens (tertiary/aromatic N) is 8. The van der Waals surface area contributed by atoms with Gasteiger partial charge in [0.25, 0.3) is 11.8 Å². The molecule has 0 unspecified atom stereocenters. The van der Waals surface area contributed by atoms with Crippen molar-refractivity contribution in [1.29, 1.82) is 0 Å². The Kier molecular flexibility index (Phi) is 9.57. The van der Waals surface area contributed by atoms with Gasteiger partial charge >= 0.3 is 0 Å². The van der Waals surface area contributed by atoms with Crippen LogP contribution in [-0.4, -0.2) is 39.9 Å². The molecule has 1 aliphatic rings. The number of aromatic nitrogens is 8. The molecule has 0 aliphatic carbocycles. The maximum absolute atomic E-state index is 6.16. The molecule has 0 spiro atoms. The largest absolute Gasteiger partial charge is 0.431 e. The summed E-state index contributed by atoms with van der Waals surface area (Å²) < 4.78 is 12.2. The monoisotopic (exact) mass is 850 g/mol. The van der Waals surface area contributed by atoms with E-state index in [1.807, 2.05) is 176 Å². The Labute approximate surface area is 379 Å². The first-order valence-corrected chi connectivity index (χ1v) is 21.4. The predicted octanol–water partition coefficient (Wildman–Crippen LogP) is 13.2. The van der Waals surface area contributed by atoms with E-state index in [-0.39, 0.29) is 0 Å². The number of fused-ring (bicyclic) bond motifs is 3. The molecule has 8 aromatic carbocycles. The average molecular weight is 851 g/mol. The number of rotatable bonds is 8. The summed E-state index contributed by atoms with van der Waals surface area (Å²) in [5, 5.41) is 0. The quantitative estimate of drug-likeness (QED) is 0.146. The molecule has 0 saturated heterocycles. The van der Waals surface area contributed by atoms with E-state index in [9.17, 15) is 0 Å². The third-order valence-electron chi connectivity index (χ3n) is 11.2. The number of benzene rings is 8. The van der Waals surface area contributed by atoms with Crippen LogP contribution in [-0.2, 0) is 0 Å². The van der Waals surface area contributed by atoms with Gasteiger partial charge in [-0.25, -0.2) is 39.9 Å². The molecule has 0 N–H and O–H groups in total. The first-order chi connectivity index (χ1) is 32.6. The van der Waals surface area contributed by atoms with Gasteiger partial charge in [-0.2, -0.15) is 0 Å². The molecule has 10 nitrogen and oxygen atoms in total. The lowest BCUT2D eigenvalue weighted by molar-refractivity contribution is 0.339. The minimum Gasteiger partial charge on any atom is -0.431 e. The van der Waals surface area contributed by atoms with E-state index in [2.05, 4.69) is 30.3 Å². The van der Waals surface area contributed by atoms with Crippen LogP contribution >= 0.6 is 0 Å². The van der Waals surface area contributed by atoms with Gasteiger partial charge in [-0.15, -0.1) is 0 Å². The first kappa shape index (κ1) is 38.4. The fourth-order valence-electron chi connectivity index (χ4n) is 7.96. The van der Waals surface area contributed by atoms with Crippen molar-refractivity contribution in [2.45, 2.75) is 0 Å². The summed E-state index contributed by atoms with van der Waals surface area (Å²) in [7, 11) is 0. The van der Waals surface area contributed by atoms with E-state index >= 15 is 0 Å². The van der Waals surface area contributed by atoms with Gasteiger partial charge in [-0.3, -0.25) is 0 Å². The zero-order chi connectivity index (χ0) is 43.8. The molecule has 0 fully saturated rings. The molecular weight excluding hydrogens is 817 g/mol. The Morgan fingerprint density at radius 3 is 1.02 bits per heavy atom. The summed E-state index contributed by atoms with van der Waals surface area (Å²) in [6.45, 7) is 0. The summed E-state index contributed by atoms with van der Waals surface area (Å²) >= 11 is 0. The van der Waals surface area contributed by atoms with Crippen LogP contribution in [0.15, 0.2) is 206 Å². The number of hydrogen-bond acceptors (Lipinski definition) is 10. The van der Waals surface area contributed by atoms with Gasteiger partial charge in [0.05, 0.1) is 11.0 Å². The van der Waals surface area contributed by atoms with Crippen molar-refractivity contribution in [2.75, 3.05) is 0 Å². The second-order valence-corrected chi connectivity index (χ2v) is 15.6. The molecule has 11 aromatic rings. The molecule has 66 heavy (non-hydrogen) atoms. The molecule has 10 heteroatoms. The molecule has 0 bridgehead atoms. The van der Waals surface area contributed by atoms with Crippen LogP contribution in [0.3, 0.4) is 0 Å². The van der Waals surface area contributed by atoms with E-state index in [1.54, 1.807) is 0 Å². The van der Waals surface area contributed by atoms with E-state index in [0.717, 1.165) is 55.6 Å². The fourth-order valence-corrected chi connectivity index (χ4v) is 7.96.